The van der Waals surface area contributed by atoms with Crippen molar-refractivity contribution in [1.29, 1.82) is 0 Å². The van der Waals surface area contributed by atoms with Gasteiger partial charge in [0.2, 0.25) is 5.91 Å². The van der Waals surface area contributed by atoms with Crippen LogP contribution in [0.25, 0.3) is 0 Å². The number of nitrogens with one attached hydrogen (secondary N) is 1. The average molecular weight is 274 g/mol. The van der Waals surface area contributed by atoms with Crippen molar-refractivity contribution in [1.82, 2.24) is 5.32 Å². The highest BCUT2D eigenvalue weighted by molar-refractivity contribution is 5.81. The Bertz CT molecular complexity index is 274. The minimum atomic E-state index is -0.994. The Morgan fingerprint density at radius 3 is 2.16 bits per heavy atom. The highest BCUT2D eigenvalue weighted by Gasteiger charge is 2.13. The second kappa shape index (κ2) is 10.7. The molecule has 0 radical (unpaired) electrons. The molecule has 1 unspecified atom stereocenters. The molecule has 0 aliphatic rings. The van der Waals surface area contributed by atoms with Crippen LogP contribution >= 0.6 is 0 Å². The smallest absolute Gasteiger partial charge is 0.320 e. The average Bonchev–Trinajstić information content (AvgIpc) is 2.37. The third kappa shape index (κ3) is 9.40. The predicted molar refractivity (Wildman–Crippen MR) is 73.4 cm³/mol. The molecule has 0 rings (SSSR count). The molecule has 0 bridgehead atoms. The number of rotatable bonds is 11. The van der Waals surface area contributed by atoms with Gasteiger partial charge in [-0.05, 0) is 38.6 Å². The zero-order chi connectivity index (χ0) is 14.7. The maximum atomic E-state index is 11.6. The second-order valence-corrected chi connectivity index (χ2v) is 4.62. The molecule has 0 aliphatic carbocycles. The fourth-order valence-corrected chi connectivity index (χ4v) is 1.60. The van der Waals surface area contributed by atoms with Crippen LogP contribution in [-0.2, 0) is 9.59 Å². The van der Waals surface area contributed by atoms with Crippen LogP contribution < -0.4 is 22.5 Å². The van der Waals surface area contributed by atoms with Crippen molar-refractivity contribution in [2.75, 3.05) is 13.1 Å². The van der Waals surface area contributed by atoms with Gasteiger partial charge in [-0.3, -0.25) is 9.59 Å². The fourth-order valence-electron chi connectivity index (χ4n) is 1.60. The molecule has 0 spiro atoms. The highest BCUT2D eigenvalue weighted by Crippen LogP contribution is 2.00. The van der Waals surface area contributed by atoms with E-state index in [1.54, 1.807) is 0 Å². The number of amides is 1. The van der Waals surface area contributed by atoms with Crippen LogP contribution in [0.4, 0.5) is 0 Å². The van der Waals surface area contributed by atoms with Gasteiger partial charge in [0.1, 0.15) is 6.04 Å². The number of carboxylic acid groups (broad SMARTS) is 1. The largest absolute Gasteiger partial charge is 0.480 e. The van der Waals surface area contributed by atoms with Gasteiger partial charge >= 0.3 is 5.97 Å². The van der Waals surface area contributed by atoms with E-state index < -0.39 is 18.1 Å². The number of nitrogens with two attached hydrogens (primary N) is 3. The van der Waals surface area contributed by atoms with Gasteiger partial charge in [-0.25, -0.2) is 0 Å². The van der Waals surface area contributed by atoms with Crippen molar-refractivity contribution in [3.05, 3.63) is 0 Å². The van der Waals surface area contributed by atoms with Crippen LogP contribution in [0, 0.1) is 0 Å². The summed E-state index contributed by atoms with van der Waals surface area (Å²) in [7, 11) is 0. The van der Waals surface area contributed by atoms with E-state index in [-0.39, 0.29) is 5.91 Å². The van der Waals surface area contributed by atoms with Gasteiger partial charge in [0.15, 0.2) is 0 Å². The lowest BCUT2D eigenvalue weighted by Gasteiger charge is -2.12. The minimum Gasteiger partial charge on any atom is -0.480 e. The molecule has 0 saturated carbocycles. The molecule has 0 saturated heterocycles. The van der Waals surface area contributed by atoms with Crippen LogP contribution in [0.3, 0.4) is 0 Å². The zero-order valence-corrected chi connectivity index (χ0v) is 11.3. The number of hydrogen-bond acceptors (Lipinski definition) is 5. The Hall–Kier alpha value is -1.18. The molecule has 0 heterocycles. The van der Waals surface area contributed by atoms with Gasteiger partial charge < -0.3 is 27.6 Å². The summed E-state index contributed by atoms with van der Waals surface area (Å²) >= 11 is 0. The van der Waals surface area contributed by atoms with Gasteiger partial charge in [0, 0.05) is 6.54 Å². The van der Waals surface area contributed by atoms with Gasteiger partial charge in [0.25, 0.3) is 0 Å². The molecule has 7 nitrogen and oxygen atoms in total. The Morgan fingerprint density at radius 2 is 1.58 bits per heavy atom. The maximum Gasteiger partial charge on any atom is 0.320 e. The van der Waals surface area contributed by atoms with Crippen LogP contribution in [0.15, 0.2) is 0 Å². The lowest BCUT2D eigenvalue weighted by atomic mass is 10.1. The number of carbonyl (C=O) groups excluding carboxylic acids is 1. The van der Waals surface area contributed by atoms with E-state index in [9.17, 15) is 9.59 Å². The summed E-state index contributed by atoms with van der Waals surface area (Å²) in [5.74, 6) is -1.16. The minimum absolute atomic E-state index is 0.167. The van der Waals surface area contributed by atoms with E-state index in [0.717, 1.165) is 12.8 Å². The summed E-state index contributed by atoms with van der Waals surface area (Å²) in [5.41, 5.74) is 16.4. The molecule has 1 amide bonds. The first kappa shape index (κ1) is 17.8. The van der Waals surface area contributed by atoms with Crippen LogP contribution in [-0.4, -0.2) is 42.2 Å². The lowest BCUT2D eigenvalue weighted by molar-refractivity contribution is -0.138. The van der Waals surface area contributed by atoms with Crippen LogP contribution in [0.2, 0.25) is 0 Å². The Morgan fingerprint density at radius 1 is 1.00 bits per heavy atom. The third-order valence-corrected chi connectivity index (χ3v) is 2.86. The summed E-state index contributed by atoms with van der Waals surface area (Å²) in [6.07, 6.45) is 4.12. The lowest BCUT2D eigenvalue weighted by Crippen LogP contribution is -2.41. The van der Waals surface area contributed by atoms with Gasteiger partial charge in [0.05, 0.1) is 6.04 Å². The first-order valence-corrected chi connectivity index (χ1v) is 6.70. The van der Waals surface area contributed by atoms with Crippen molar-refractivity contribution < 1.29 is 14.7 Å². The number of carboxylic acids is 1. The van der Waals surface area contributed by atoms with Crippen molar-refractivity contribution in [2.45, 2.75) is 50.6 Å². The summed E-state index contributed by atoms with van der Waals surface area (Å²) in [6, 6.07) is -1.32. The molecule has 0 aromatic heterocycles. The molecule has 0 aliphatic heterocycles. The summed E-state index contributed by atoms with van der Waals surface area (Å²) in [4.78, 5) is 22.0. The quantitative estimate of drug-likeness (QED) is 0.310. The van der Waals surface area contributed by atoms with Crippen molar-refractivity contribution in [3.63, 3.8) is 0 Å². The van der Waals surface area contributed by atoms with E-state index in [4.69, 9.17) is 22.3 Å². The van der Waals surface area contributed by atoms with Gasteiger partial charge in [-0.1, -0.05) is 6.42 Å². The summed E-state index contributed by atoms with van der Waals surface area (Å²) < 4.78 is 0. The van der Waals surface area contributed by atoms with E-state index in [0.29, 0.717) is 38.8 Å². The molecular weight excluding hydrogens is 248 g/mol. The zero-order valence-electron chi connectivity index (χ0n) is 11.3. The molecule has 112 valence electrons. The van der Waals surface area contributed by atoms with Crippen LogP contribution in [0.5, 0.6) is 0 Å². The topological polar surface area (TPSA) is 144 Å². The SMILES string of the molecule is NCCCC[C@@H](N)C(=O)NCCCCC(N)C(=O)O. The first-order chi connectivity index (χ1) is 8.99. The highest BCUT2D eigenvalue weighted by atomic mass is 16.4. The van der Waals surface area contributed by atoms with E-state index >= 15 is 0 Å². The normalized spacial score (nSPS) is 13.8. The Kier molecular flexibility index (Phi) is 10.1. The van der Waals surface area contributed by atoms with Crippen molar-refractivity contribution in [2.24, 2.45) is 17.2 Å². The monoisotopic (exact) mass is 274 g/mol. The molecule has 0 aromatic carbocycles. The van der Waals surface area contributed by atoms with Gasteiger partial charge in [-0.2, -0.15) is 0 Å². The van der Waals surface area contributed by atoms with Crippen molar-refractivity contribution >= 4 is 11.9 Å². The number of hydrogen-bond donors (Lipinski definition) is 5. The Labute approximate surface area is 113 Å². The summed E-state index contributed by atoms with van der Waals surface area (Å²) in [6.45, 7) is 1.11. The standard InChI is InChI=1S/C12H26N4O3/c13-7-3-1-5-9(14)11(17)16-8-4-2-6-10(15)12(18)19/h9-10H,1-8,13-15H2,(H,16,17)(H,18,19)/t9-,10?/m1/s1. The van der Waals surface area contributed by atoms with Crippen molar-refractivity contribution in [3.8, 4) is 0 Å². The molecule has 8 N–H and O–H groups in total. The molecule has 2 atom stereocenters. The molecular formula is C12H26N4O3. The first-order valence-electron chi connectivity index (χ1n) is 6.70. The molecule has 19 heavy (non-hydrogen) atoms. The van der Waals surface area contributed by atoms with Gasteiger partial charge in [-0.15, -0.1) is 0 Å². The van der Waals surface area contributed by atoms with E-state index in [1.165, 1.54) is 0 Å². The number of aliphatic carboxylic acids is 1. The Balaban J connectivity index is 3.54. The number of unbranched alkanes of at least 4 members (excludes halogenated alkanes) is 2. The van der Waals surface area contributed by atoms with Crippen LogP contribution in [0.1, 0.15) is 38.5 Å². The predicted octanol–water partition coefficient (Wildman–Crippen LogP) is -0.859. The molecule has 0 aromatic rings. The molecule has 7 heteroatoms. The number of carbonyl (C=O) groups is 2. The second-order valence-electron chi connectivity index (χ2n) is 4.62. The fraction of sp³-hybridized carbons (Fsp3) is 0.833. The maximum absolute atomic E-state index is 11.6. The molecule has 0 fully saturated rings. The summed E-state index contributed by atoms with van der Waals surface area (Å²) in [5, 5.41) is 11.3. The van der Waals surface area contributed by atoms with E-state index in [2.05, 4.69) is 5.32 Å². The third-order valence-electron chi connectivity index (χ3n) is 2.86. The van der Waals surface area contributed by atoms with E-state index in [1.807, 2.05) is 0 Å².